The van der Waals surface area contributed by atoms with Gasteiger partial charge in [0.15, 0.2) is 0 Å². The van der Waals surface area contributed by atoms with Crippen LogP contribution in [-0.2, 0) is 6.42 Å². The minimum absolute atomic E-state index is 0.565. The molecule has 1 atom stereocenters. The number of rotatable bonds is 3. The van der Waals surface area contributed by atoms with Crippen molar-refractivity contribution in [3.8, 4) is 0 Å². The summed E-state index contributed by atoms with van der Waals surface area (Å²) < 4.78 is 0. The molecule has 2 heteroatoms. The van der Waals surface area contributed by atoms with Gasteiger partial charge < -0.3 is 4.90 Å². The lowest BCUT2D eigenvalue weighted by Gasteiger charge is -2.29. The lowest BCUT2D eigenvalue weighted by atomic mass is 9.86. The third-order valence-electron chi connectivity index (χ3n) is 4.00. The average Bonchev–Trinajstić information content (AvgIpc) is 2.48. The van der Waals surface area contributed by atoms with Crippen LogP contribution in [0.4, 0.5) is 5.69 Å². The smallest absolute Gasteiger partial charge is 0.0484 e. The largest absolute Gasteiger partial charge is 0.374 e. The van der Waals surface area contributed by atoms with Crippen molar-refractivity contribution in [1.82, 2.24) is 4.98 Å². The summed E-state index contributed by atoms with van der Waals surface area (Å²) in [4.78, 5) is 6.96. The Bertz CT molecular complexity index is 536. The first-order valence-electron chi connectivity index (χ1n) is 7.04. The average molecular weight is 252 g/mol. The maximum absolute atomic E-state index is 4.62. The number of pyridine rings is 1. The van der Waals surface area contributed by atoms with Crippen LogP contribution < -0.4 is 4.90 Å². The quantitative estimate of drug-likeness (QED) is 0.829. The molecule has 0 bridgehead atoms. The Labute approximate surface area is 115 Å². The second-order valence-corrected chi connectivity index (χ2v) is 5.35. The van der Waals surface area contributed by atoms with Crippen molar-refractivity contribution < 1.29 is 0 Å². The van der Waals surface area contributed by atoms with E-state index >= 15 is 0 Å². The van der Waals surface area contributed by atoms with Gasteiger partial charge in [-0.3, -0.25) is 4.98 Å². The van der Waals surface area contributed by atoms with E-state index in [1.807, 2.05) is 6.20 Å². The summed E-state index contributed by atoms with van der Waals surface area (Å²) in [6.45, 7) is 1.05. The van der Waals surface area contributed by atoms with Crippen LogP contribution in [0.1, 0.15) is 30.0 Å². The van der Waals surface area contributed by atoms with E-state index in [1.54, 1.807) is 0 Å². The number of hydrogen-bond donors (Lipinski definition) is 0. The Balaban J connectivity index is 1.78. The summed E-state index contributed by atoms with van der Waals surface area (Å²) in [5.74, 6) is 0.565. The van der Waals surface area contributed by atoms with Gasteiger partial charge in [0, 0.05) is 37.1 Å². The summed E-state index contributed by atoms with van der Waals surface area (Å²) in [7, 11) is 2.17. The van der Waals surface area contributed by atoms with E-state index in [0.717, 1.165) is 6.54 Å². The number of hydrogen-bond acceptors (Lipinski definition) is 2. The highest BCUT2D eigenvalue weighted by molar-refractivity contribution is 5.45. The van der Waals surface area contributed by atoms with E-state index in [4.69, 9.17) is 0 Å². The van der Waals surface area contributed by atoms with E-state index in [1.165, 1.54) is 36.2 Å². The molecule has 1 aliphatic rings. The molecule has 0 saturated carbocycles. The zero-order chi connectivity index (χ0) is 13.1. The molecule has 1 aromatic heterocycles. The molecule has 3 rings (SSSR count). The molecule has 1 aliphatic carbocycles. The third kappa shape index (κ3) is 2.62. The van der Waals surface area contributed by atoms with E-state index in [9.17, 15) is 0 Å². The normalized spacial score (nSPS) is 17.8. The van der Waals surface area contributed by atoms with Crippen molar-refractivity contribution in [1.29, 1.82) is 0 Å². The first-order valence-corrected chi connectivity index (χ1v) is 7.04. The molecule has 0 fully saturated rings. The molecule has 1 heterocycles. The van der Waals surface area contributed by atoms with Gasteiger partial charge in [-0.25, -0.2) is 0 Å². The Morgan fingerprint density at radius 2 is 2.00 bits per heavy atom. The molecular weight excluding hydrogens is 232 g/mol. The highest BCUT2D eigenvalue weighted by Gasteiger charge is 2.22. The van der Waals surface area contributed by atoms with E-state index in [-0.39, 0.29) is 0 Å². The van der Waals surface area contributed by atoms with Gasteiger partial charge in [0.25, 0.3) is 0 Å². The SMILES string of the molecule is CN(CC1CCCc2cccnc21)c1ccccc1. The molecule has 0 saturated heterocycles. The molecule has 0 radical (unpaired) electrons. The Morgan fingerprint density at radius 1 is 1.16 bits per heavy atom. The number of anilines is 1. The van der Waals surface area contributed by atoms with Crippen molar-refractivity contribution in [3.05, 3.63) is 59.9 Å². The summed E-state index contributed by atoms with van der Waals surface area (Å²) in [6.07, 6.45) is 5.65. The third-order valence-corrected chi connectivity index (χ3v) is 4.00. The van der Waals surface area contributed by atoms with Gasteiger partial charge in [-0.05, 0) is 43.0 Å². The molecule has 1 unspecified atom stereocenters. The van der Waals surface area contributed by atoms with Crippen LogP contribution in [0.15, 0.2) is 48.7 Å². The Kier molecular flexibility index (Phi) is 3.49. The number of aryl methyl sites for hydroxylation is 1. The lowest BCUT2D eigenvalue weighted by molar-refractivity contribution is 0.536. The first kappa shape index (κ1) is 12.2. The van der Waals surface area contributed by atoms with Crippen LogP contribution in [0, 0.1) is 0 Å². The molecule has 0 amide bonds. The minimum atomic E-state index is 0.565. The number of benzene rings is 1. The van der Waals surface area contributed by atoms with E-state index in [2.05, 4.69) is 59.4 Å². The van der Waals surface area contributed by atoms with Gasteiger partial charge in [-0.1, -0.05) is 24.3 Å². The van der Waals surface area contributed by atoms with Crippen molar-refractivity contribution in [2.45, 2.75) is 25.2 Å². The van der Waals surface area contributed by atoms with Crippen molar-refractivity contribution in [3.63, 3.8) is 0 Å². The zero-order valence-electron chi connectivity index (χ0n) is 11.4. The minimum Gasteiger partial charge on any atom is -0.374 e. The second kappa shape index (κ2) is 5.43. The fraction of sp³-hybridized carbons (Fsp3) is 0.353. The topological polar surface area (TPSA) is 16.1 Å². The second-order valence-electron chi connectivity index (χ2n) is 5.35. The van der Waals surface area contributed by atoms with Gasteiger partial charge >= 0.3 is 0 Å². The van der Waals surface area contributed by atoms with Crippen LogP contribution in [0.5, 0.6) is 0 Å². The molecule has 98 valence electrons. The number of likely N-dealkylation sites (N-methyl/N-ethyl adjacent to an activating group) is 1. The predicted molar refractivity (Wildman–Crippen MR) is 79.6 cm³/mol. The Hall–Kier alpha value is -1.83. The fourth-order valence-corrected chi connectivity index (χ4v) is 3.00. The number of aromatic nitrogens is 1. The Morgan fingerprint density at radius 3 is 2.84 bits per heavy atom. The molecule has 1 aromatic carbocycles. The maximum atomic E-state index is 4.62. The van der Waals surface area contributed by atoms with Crippen LogP contribution in [0.3, 0.4) is 0 Å². The first-order chi connectivity index (χ1) is 9.34. The van der Waals surface area contributed by atoms with Crippen LogP contribution in [0.2, 0.25) is 0 Å². The lowest BCUT2D eigenvalue weighted by Crippen LogP contribution is -2.27. The van der Waals surface area contributed by atoms with Crippen LogP contribution in [-0.4, -0.2) is 18.6 Å². The van der Waals surface area contributed by atoms with E-state index < -0.39 is 0 Å². The van der Waals surface area contributed by atoms with Gasteiger partial charge in [0.05, 0.1) is 0 Å². The monoisotopic (exact) mass is 252 g/mol. The van der Waals surface area contributed by atoms with Gasteiger partial charge in [-0.2, -0.15) is 0 Å². The summed E-state index contributed by atoms with van der Waals surface area (Å²) in [5.41, 5.74) is 4.04. The zero-order valence-corrected chi connectivity index (χ0v) is 11.4. The molecule has 19 heavy (non-hydrogen) atoms. The van der Waals surface area contributed by atoms with Crippen molar-refractivity contribution in [2.75, 3.05) is 18.5 Å². The molecule has 0 N–H and O–H groups in total. The summed E-state index contributed by atoms with van der Waals surface area (Å²) in [5, 5.41) is 0. The standard InChI is InChI=1S/C17H20N2/c1-19(16-10-3-2-4-11-16)13-15-8-5-7-14-9-6-12-18-17(14)15/h2-4,6,9-12,15H,5,7-8,13H2,1H3. The maximum Gasteiger partial charge on any atom is 0.0484 e. The fourth-order valence-electron chi connectivity index (χ4n) is 3.00. The summed E-state index contributed by atoms with van der Waals surface area (Å²) >= 11 is 0. The summed E-state index contributed by atoms with van der Waals surface area (Å²) in [6, 6.07) is 14.9. The van der Waals surface area contributed by atoms with Crippen molar-refractivity contribution in [2.24, 2.45) is 0 Å². The number of para-hydroxylation sites is 1. The molecule has 0 spiro atoms. The number of fused-ring (bicyclic) bond motifs is 1. The number of nitrogens with zero attached hydrogens (tertiary/aromatic N) is 2. The van der Waals surface area contributed by atoms with Crippen LogP contribution in [0.25, 0.3) is 0 Å². The van der Waals surface area contributed by atoms with Crippen molar-refractivity contribution >= 4 is 5.69 Å². The molecular formula is C17H20N2. The van der Waals surface area contributed by atoms with Gasteiger partial charge in [0.1, 0.15) is 0 Å². The van der Waals surface area contributed by atoms with Crippen LogP contribution >= 0.6 is 0 Å². The highest BCUT2D eigenvalue weighted by Crippen LogP contribution is 2.31. The van der Waals surface area contributed by atoms with E-state index in [0.29, 0.717) is 5.92 Å². The molecule has 2 nitrogen and oxygen atoms in total. The predicted octanol–water partition coefficient (Wildman–Crippen LogP) is 3.64. The molecule has 2 aromatic rings. The van der Waals surface area contributed by atoms with Gasteiger partial charge in [0.2, 0.25) is 0 Å². The van der Waals surface area contributed by atoms with Gasteiger partial charge in [-0.15, -0.1) is 0 Å². The highest BCUT2D eigenvalue weighted by atomic mass is 15.1. The molecule has 0 aliphatic heterocycles.